The van der Waals surface area contributed by atoms with Crippen molar-refractivity contribution in [2.24, 2.45) is 5.92 Å². The third kappa shape index (κ3) is 4.82. The van der Waals surface area contributed by atoms with E-state index in [1.54, 1.807) is 6.20 Å². The molecule has 196 valence electrons. The highest BCUT2D eigenvalue weighted by molar-refractivity contribution is 6.36. The number of aryl methyl sites for hydroxylation is 1. The van der Waals surface area contributed by atoms with Gasteiger partial charge < -0.3 is 9.47 Å². The Bertz CT molecular complexity index is 1070. The van der Waals surface area contributed by atoms with E-state index in [1.165, 1.54) is 5.56 Å². The Balaban J connectivity index is 1.09. The van der Waals surface area contributed by atoms with Gasteiger partial charge in [-0.15, -0.1) is 0 Å². The predicted molar refractivity (Wildman–Crippen MR) is 139 cm³/mol. The number of likely N-dealkylation sites (tertiary alicyclic amines) is 1. The van der Waals surface area contributed by atoms with Crippen molar-refractivity contribution in [1.29, 1.82) is 0 Å². The maximum Gasteiger partial charge on any atom is 0.0830 e. The fourth-order valence-corrected chi connectivity index (χ4v) is 7.09. The molecule has 1 aliphatic carbocycles. The van der Waals surface area contributed by atoms with Crippen LogP contribution in [0.1, 0.15) is 74.0 Å². The Hall–Kier alpha value is -1.26. The largest absolute Gasteiger partial charge is 0.378 e. The lowest BCUT2D eigenvalue weighted by atomic mass is 9.78. The Labute approximate surface area is 223 Å². The van der Waals surface area contributed by atoms with Crippen LogP contribution in [0.4, 0.5) is 0 Å². The van der Waals surface area contributed by atoms with E-state index in [2.05, 4.69) is 37.8 Å². The summed E-state index contributed by atoms with van der Waals surface area (Å²) in [5.41, 5.74) is 9.99. The number of hydrogen-bond acceptors (Lipinski definition) is 7. The van der Waals surface area contributed by atoms with Crippen LogP contribution in [0, 0.1) is 12.8 Å². The molecule has 0 spiro atoms. The van der Waals surface area contributed by atoms with Gasteiger partial charge in [0.1, 0.15) is 0 Å². The Kier molecular flexibility index (Phi) is 7.29. The zero-order valence-corrected chi connectivity index (χ0v) is 22.5. The minimum atomic E-state index is -0.186. The average molecular weight is 536 g/mol. The molecule has 2 aromatic heterocycles. The molecule has 5 atom stereocenters. The van der Waals surface area contributed by atoms with Gasteiger partial charge in [-0.3, -0.25) is 20.0 Å². The van der Waals surface area contributed by atoms with Crippen LogP contribution in [-0.2, 0) is 9.47 Å². The van der Waals surface area contributed by atoms with E-state index < -0.39 is 0 Å². The van der Waals surface area contributed by atoms with Crippen LogP contribution >= 0.6 is 23.2 Å². The molecule has 1 saturated carbocycles. The zero-order chi connectivity index (χ0) is 24.8. The van der Waals surface area contributed by atoms with Crippen molar-refractivity contribution < 1.29 is 9.47 Å². The first-order valence-corrected chi connectivity index (χ1v) is 14.1. The molecular formula is C26H36Cl2N6O2. The van der Waals surface area contributed by atoms with Gasteiger partial charge in [-0.1, -0.05) is 23.2 Å². The number of nitrogens with one attached hydrogen (secondary N) is 2. The third-order valence-electron chi connectivity index (χ3n) is 8.68. The van der Waals surface area contributed by atoms with Gasteiger partial charge >= 0.3 is 0 Å². The van der Waals surface area contributed by atoms with Gasteiger partial charge in [0.2, 0.25) is 0 Å². The second kappa shape index (κ2) is 10.5. The Morgan fingerprint density at radius 3 is 2.64 bits per heavy atom. The first kappa shape index (κ1) is 25.0. The summed E-state index contributed by atoms with van der Waals surface area (Å²) in [6.07, 6.45) is 11.3. The van der Waals surface area contributed by atoms with Crippen LogP contribution in [0.2, 0.25) is 10.0 Å². The van der Waals surface area contributed by atoms with Crippen LogP contribution in [0.3, 0.4) is 0 Å². The minimum Gasteiger partial charge on any atom is -0.378 e. The van der Waals surface area contributed by atoms with E-state index in [0.29, 0.717) is 34.1 Å². The summed E-state index contributed by atoms with van der Waals surface area (Å²) in [7, 11) is 0. The first-order valence-electron chi connectivity index (χ1n) is 13.3. The van der Waals surface area contributed by atoms with E-state index in [4.69, 9.17) is 37.8 Å². The van der Waals surface area contributed by atoms with Crippen molar-refractivity contribution in [1.82, 2.24) is 30.5 Å². The fraction of sp³-hybridized carbons (Fsp3) is 0.692. The van der Waals surface area contributed by atoms with Crippen molar-refractivity contribution in [2.75, 3.05) is 26.3 Å². The molecule has 3 saturated heterocycles. The van der Waals surface area contributed by atoms with Gasteiger partial charge in [0, 0.05) is 42.7 Å². The minimum absolute atomic E-state index is 0.154. The Morgan fingerprint density at radius 2 is 1.89 bits per heavy atom. The number of hydrazine groups is 1. The van der Waals surface area contributed by atoms with Crippen molar-refractivity contribution in [3.63, 3.8) is 0 Å². The summed E-state index contributed by atoms with van der Waals surface area (Å²) >= 11 is 13.0. The quantitative estimate of drug-likeness (QED) is 0.568. The number of pyridine rings is 1. The lowest BCUT2D eigenvalue weighted by Crippen LogP contribution is -2.51. The second-order valence-corrected chi connectivity index (χ2v) is 11.7. The summed E-state index contributed by atoms with van der Waals surface area (Å²) in [4.78, 5) is 6.83. The molecule has 2 aromatic rings. The molecule has 2 N–H and O–H groups in total. The molecule has 3 aliphatic heterocycles. The number of fused-ring (bicyclic) bond motifs is 1. The second-order valence-electron chi connectivity index (χ2n) is 10.9. The highest BCUT2D eigenvalue weighted by Gasteiger charge is 2.42. The normalized spacial score (nSPS) is 30.8. The topological polar surface area (TPSA) is 76.5 Å². The van der Waals surface area contributed by atoms with Crippen molar-refractivity contribution in [3.05, 3.63) is 45.5 Å². The number of ether oxygens (including phenoxy) is 2. The maximum atomic E-state index is 6.54. The summed E-state index contributed by atoms with van der Waals surface area (Å²) in [6.45, 7) is 7.98. The first-order chi connectivity index (χ1) is 17.5. The van der Waals surface area contributed by atoms with Crippen LogP contribution in [0.5, 0.6) is 0 Å². The number of nitrogens with zero attached hydrogens (tertiary/aromatic N) is 4. The summed E-state index contributed by atoms with van der Waals surface area (Å²) in [5, 5.41) is 5.96. The fourth-order valence-electron chi connectivity index (χ4n) is 6.44. The average Bonchev–Trinajstić information content (AvgIpc) is 3.48. The lowest BCUT2D eigenvalue weighted by molar-refractivity contribution is -0.0734. The van der Waals surface area contributed by atoms with Crippen LogP contribution < -0.4 is 10.9 Å². The van der Waals surface area contributed by atoms with Crippen molar-refractivity contribution in [3.8, 4) is 0 Å². The van der Waals surface area contributed by atoms with E-state index in [0.717, 1.165) is 69.7 Å². The van der Waals surface area contributed by atoms with E-state index in [1.807, 2.05) is 13.8 Å². The standard InChI is InChI=1S/C26H36Cl2N6O2/c1-15-25(28)24(22(27)11-29-15)16(2)36-20-3-4-23-21(9-20)26(32-31-23)17-10-30-34(12-17)18-5-7-33(8-6-18)19-13-35-14-19/h10-12,16,18-21,23,26,31-32H,3-9,13-14H2,1-2H3/t16-,20?,21?,23?,26?/m1/s1. The smallest absolute Gasteiger partial charge is 0.0830 e. The SMILES string of the molecule is Cc1ncc(Cl)c([C@@H](C)OC2CCC3NNC(c4cnn(C5CCN(C6COC6)CC5)c4)C3C2)c1Cl. The highest BCUT2D eigenvalue weighted by Crippen LogP contribution is 2.42. The predicted octanol–water partition coefficient (Wildman–Crippen LogP) is 4.39. The van der Waals surface area contributed by atoms with Crippen molar-refractivity contribution >= 4 is 23.2 Å². The van der Waals surface area contributed by atoms with Gasteiger partial charge in [0.05, 0.1) is 65.5 Å². The van der Waals surface area contributed by atoms with Crippen molar-refractivity contribution in [2.45, 2.75) is 82.3 Å². The van der Waals surface area contributed by atoms with Crippen LogP contribution in [0.15, 0.2) is 18.6 Å². The molecule has 4 aliphatic rings. The molecule has 8 nitrogen and oxygen atoms in total. The van der Waals surface area contributed by atoms with E-state index in [9.17, 15) is 0 Å². The van der Waals surface area contributed by atoms with E-state index in [-0.39, 0.29) is 18.2 Å². The molecule has 10 heteroatoms. The van der Waals surface area contributed by atoms with Crippen LogP contribution in [0.25, 0.3) is 0 Å². The maximum absolute atomic E-state index is 6.54. The van der Waals surface area contributed by atoms with Crippen LogP contribution in [-0.4, -0.2) is 64.2 Å². The molecule has 6 rings (SSSR count). The Morgan fingerprint density at radius 1 is 1.08 bits per heavy atom. The number of halogens is 2. The molecular weight excluding hydrogens is 499 g/mol. The van der Waals surface area contributed by atoms with Gasteiger partial charge in [-0.05, 0) is 51.9 Å². The molecule has 0 aromatic carbocycles. The number of rotatable bonds is 6. The zero-order valence-electron chi connectivity index (χ0n) is 21.0. The number of hydrogen-bond donors (Lipinski definition) is 2. The lowest BCUT2D eigenvalue weighted by Gasteiger charge is -2.41. The molecule has 0 bridgehead atoms. The number of aromatic nitrogens is 3. The molecule has 4 unspecified atom stereocenters. The molecule has 5 heterocycles. The molecule has 36 heavy (non-hydrogen) atoms. The summed E-state index contributed by atoms with van der Waals surface area (Å²) in [6, 6.07) is 1.77. The van der Waals surface area contributed by atoms with Gasteiger partial charge in [0.25, 0.3) is 0 Å². The number of piperidine rings is 1. The third-order valence-corrected chi connectivity index (χ3v) is 9.46. The monoisotopic (exact) mass is 534 g/mol. The molecule has 0 amide bonds. The molecule has 0 radical (unpaired) electrons. The van der Waals surface area contributed by atoms with Gasteiger partial charge in [-0.25, -0.2) is 5.43 Å². The summed E-state index contributed by atoms with van der Waals surface area (Å²) < 4.78 is 14.1. The van der Waals surface area contributed by atoms with E-state index >= 15 is 0 Å². The highest BCUT2D eigenvalue weighted by atomic mass is 35.5. The molecule has 4 fully saturated rings. The van der Waals surface area contributed by atoms with Gasteiger partial charge in [0.15, 0.2) is 0 Å². The van der Waals surface area contributed by atoms with Gasteiger partial charge in [-0.2, -0.15) is 5.10 Å². The summed E-state index contributed by atoms with van der Waals surface area (Å²) in [5.74, 6) is 0.444.